The molecule has 1 unspecified atom stereocenters. The van der Waals surface area contributed by atoms with Crippen molar-refractivity contribution < 1.29 is 14.3 Å². The molecule has 0 aliphatic carbocycles. The molecule has 2 N–H and O–H groups in total. The smallest absolute Gasteiger partial charge is 0.306 e. The lowest BCUT2D eigenvalue weighted by atomic mass is 9.97. The fourth-order valence-electron chi connectivity index (χ4n) is 3.30. The van der Waals surface area contributed by atoms with Crippen LogP contribution in [-0.2, 0) is 9.53 Å². The molecule has 0 radical (unpaired) electrons. The van der Waals surface area contributed by atoms with Crippen molar-refractivity contribution in [1.29, 1.82) is 5.26 Å². The second kappa shape index (κ2) is 9.59. The molecule has 1 aliphatic rings. The molecule has 3 rings (SSSR count). The molecule has 1 aromatic heterocycles. The highest BCUT2D eigenvalue weighted by Crippen LogP contribution is 2.27. The number of carbonyl (C=O) groups excluding carboxylic acids is 2. The van der Waals surface area contributed by atoms with Crippen LogP contribution in [-0.4, -0.2) is 30.0 Å². The predicted octanol–water partition coefficient (Wildman–Crippen LogP) is 4.16. The van der Waals surface area contributed by atoms with Gasteiger partial charge in [-0.2, -0.15) is 5.26 Å². The van der Waals surface area contributed by atoms with Crippen LogP contribution in [0.1, 0.15) is 54.1 Å². The first kappa shape index (κ1) is 21.6. The maximum atomic E-state index is 12.8. The Kier molecular flexibility index (Phi) is 6.91. The highest BCUT2D eigenvalue weighted by molar-refractivity contribution is 6.30. The summed E-state index contributed by atoms with van der Waals surface area (Å²) in [6, 6.07) is 8.87. The summed E-state index contributed by atoms with van der Waals surface area (Å²) in [7, 11) is 0. The number of anilines is 2. The molecule has 1 amide bonds. The van der Waals surface area contributed by atoms with Crippen molar-refractivity contribution in [3.05, 3.63) is 52.2 Å². The molecule has 1 atom stereocenters. The van der Waals surface area contributed by atoms with E-state index in [0.29, 0.717) is 47.2 Å². The minimum Gasteiger partial charge on any atom is -0.466 e. The summed E-state index contributed by atoms with van der Waals surface area (Å²) in [4.78, 5) is 28.5. The standard InChI is InChI=1S/C22H23ClN4O3/c1-13(2)17-9-20(27-19-8-16(23)4-3-15(19)10-24)25-12-18(17)22(29)26-11-14-5-6-30-21(28)7-14/h3-4,8-9,12-14H,5-7,11H2,1-2H3,(H,25,27)(H,26,29). The second-order valence-corrected chi connectivity index (χ2v) is 7.96. The summed E-state index contributed by atoms with van der Waals surface area (Å²) in [6.07, 6.45) is 2.59. The van der Waals surface area contributed by atoms with E-state index in [1.165, 1.54) is 6.20 Å². The number of cyclic esters (lactones) is 1. The van der Waals surface area contributed by atoms with Crippen LogP contribution in [0.2, 0.25) is 5.02 Å². The van der Waals surface area contributed by atoms with E-state index in [1.807, 2.05) is 13.8 Å². The number of carbonyl (C=O) groups is 2. The van der Waals surface area contributed by atoms with Gasteiger partial charge in [0.1, 0.15) is 11.9 Å². The third kappa shape index (κ3) is 5.28. The van der Waals surface area contributed by atoms with Crippen molar-refractivity contribution >= 4 is 35.0 Å². The molecule has 1 saturated heterocycles. The van der Waals surface area contributed by atoms with E-state index in [-0.39, 0.29) is 23.7 Å². The zero-order chi connectivity index (χ0) is 21.7. The Hall–Kier alpha value is -3.11. The first-order valence-electron chi connectivity index (χ1n) is 9.77. The number of benzene rings is 1. The van der Waals surface area contributed by atoms with Crippen molar-refractivity contribution in [2.24, 2.45) is 5.92 Å². The number of hydrogen-bond donors (Lipinski definition) is 2. The van der Waals surface area contributed by atoms with Gasteiger partial charge in [0.15, 0.2) is 0 Å². The topological polar surface area (TPSA) is 104 Å². The monoisotopic (exact) mass is 426 g/mol. The molecule has 2 heterocycles. The Morgan fingerprint density at radius 2 is 2.20 bits per heavy atom. The highest BCUT2D eigenvalue weighted by atomic mass is 35.5. The third-order valence-corrected chi connectivity index (χ3v) is 5.20. The lowest BCUT2D eigenvalue weighted by Crippen LogP contribution is -2.34. The molecule has 30 heavy (non-hydrogen) atoms. The van der Waals surface area contributed by atoms with Gasteiger partial charge in [0.2, 0.25) is 0 Å². The molecule has 1 fully saturated rings. The van der Waals surface area contributed by atoms with Gasteiger partial charge in [-0.3, -0.25) is 9.59 Å². The molecule has 8 heteroatoms. The molecule has 1 aliphatic heterocycles. The number of nitrogens with one attached hydrogen (secondary N) is 2. The number of ether oxygens (including phenoxy) is 1. The number of rotatable bonds is 6. The zero-order valence-corrected chi connectivity index (χ0v) is 17.6. The summed E-state index contributed by atoms with van der Waals surface area (Å²) < 4.78 is 4.94. The van der Waals surface area contributed by atoms with E-state index in [1.54, 1.807) is 24.3 Å². The minimum atomic E-state index is -0.225. The Labute approximate surface area is 180 Å². The number of esters is 1. The van der Waals surface area contributed by atoms with Gasteiger partial charge in [-0.25, -0.2) is 4.98 Å². The van der Waals surface area contributed by atoms with E-state index in [2.05, 4.69) is 21.7 Å². The summed E-state index contributed by atoms with van der Waals surface area (Å²) in [5.74, 6) is 0.229. The Morgan fingerprint density at radius 1 is 1.40 bits per heavy atom. The molecular weight excluding hydrogens is 404 g/mol. The minimum absolute atomic E-state index is 0.0776. The van der Waals surface area contributed by atoms with Crippen LogP contribution in [0.25, 0.3) is 0 Å². The van der Waals surface area contributed by atoms with Gasteiger partial charge in [0, 0.05) is 17.8 Å². The number of nitriles is 1. The average molecular weight is 427 g/mol. The van der Waals surface area contributed by atoms with Gasteiger partial charge >= 0.3 is 5.97 Å². The quantitative estimate of drug-likeness (QED) is 0.672. The Balaban J connectivity index is 1.76. The van der Waals surface area contributed by atoms with Crippen LogP contribution in [0.5, 0.6) is 0 Å². The molecule has 7 nitrogen and oxygen atoms in total. The number of halogens is 1. The van der Waals surface area contributed by atoms with E-state index in [9.17, 15) is 14.9 Å². The average Bonchev–Trinajstić information content (AvgIpc) is 2.72. The second-order valence-electron chi connectivity index (χ2n) is 7.53. The normalized spacial score (nSPS) is 16.0. The Bertz CT molecular complexity index is 1000. The van der Waals surface area contributed by atoms with Crippen molar-refractivity contribution in [1.82, 2.24) is 10.3 Å². The van der Waals surface area contributed by atoms with Gasteiger partial charge in [-0.1, -0.05) is 25.4 Å². The van der Waals surface area contributed by atoms with Gasteiger partial charge in [0.05, 0.1) is 29.8 Å². The largest absolute Gasteiger partial charge is 0.466 e. The van der Waals surface area contributed by atoms with Crippen molar-refractivity contribution in [2.75, 3.05) is 18.5 Å². The molecule has 1 aromatic carbocycles. The number of hydrogen-bond acceptors (Lipinski definition) is 6. The third-order valence-electron chi connectivity index (χ3n) is 4.96. The number of nitrogens with zero attached hydrogens (tertiary/aromatic N) is 2. The molecule has 0 saturated carbocycles. The lowest BCUT2D eigenvalue weighted by Gasteiger charge is -2.22. The maximum absolute atomic E-state index is 12.8. The van der Waals surface area contributed by atoms with E-state index in [0.717, 1.165) is 12.0 Å². The summed E-state index contributed by atoms with van der Waals surface area (Å²) in [6.45, 7) is 4.80. The summed E-state index contributed by atoms with van der Waals surface area (Å²) >= 11 is 6.04. The molecule has 156 valence electrons. The highest BCUT2D eigenvalue weighted by Gasteiger charge is 2.22. The van der Waals surface area contributed by atoms with Gasteiger partial charge in [-0.15, -0.1) is 0 Å². The van der Waals surface area contributed by atoms with E-state index >= 15 is 0 Å². The van der Waals surface area contributed by atoms with E-state index < -0.39 is 0 Å². The first-order valence-corrected chi connectivity index (χ1v) is 10.2. The van der Waals surface area contributed by atoms with Crippen LogP contribution in [0.3, 0.4) is 0 Å². The number of amides is 1. The van der Waals surface area contributed by atoms with Crippen molar-refractivity contribution in [3.8, 4) is 6.07 Å². The number of pyridine rings is 1. The van der Waals surface area contributed by atoms with Crippen molar-refractivity contribution in [2.45, 2.75) is 32.6 Å². The van der Waals surface area contributed by atoms with Crippen LogP contribution in [0.15, 0.2) is 30.5 Å². The fourth-order valence-corrected chi connectivity index (χ4v) is 3.48. The van der Waals surface area contributed by atoms with Gasteiger partial charge in [-0.05, 0) is 48.1 Å². The SMILES string of the molecule is CC(C)c1cc(Nc2cc(Cl)ccc2C#N)ncc1C(=O)NCC1CCOC(=O)C1. The summed E-state index contributed by atoms with van der Waals surface area (Å²) in [5.41, 5.74) is 2.31. The number of aromatic nitrogens is 1. The van der Waals surface area contributed by atoms with E-state index in [4.69, 9.17) is 16.3 Å². The molecule has 0 spiro atoms. The molecular formula is C22H23ClN4O3. The van der Waals surface area contributed by atoms with Gasteiger partial charge < -0.3 is 15.4 Å². The van der Waals surface area contributed by atoms with Crippen LogP contribution in [0, 0.1) is 17.2 Å². The fraction of sp³-hybridized carbons (Fsp3) is 0.364. The zero-order valence-electron chi connectivity index (χ0n) is 16.9. The Morgan fingerprint density at radius 3 is 2.90 bits per heavy atom. The van der Waals surface area contributed by atoms with Crippen molar-refractivity contribution in [3.63, 3.8) is 0 Å². The lowest BCUT2D eigenvalue weighted by molar-refractivity contribution is -0.149. The maximum Gasteiger partial charge on any atom is 0.306 e. The molecule has 0 bridgehead atoms. The molecule has 2 aromatic rings. The predicted molar refractivity (Wildman–Crippen MR) is 114 cm³/mol. The summed E-state index contributed by atoms with van der Waals surface area (Å²) in [5, 5.41) is 15.8. The van der Waals surface area contributed by atoms with Crippen LogP contribution >= 0.6 is 11.6 Å². The first-order chi connectivity index (χ1) is 14.4. The van der Waals surface area contributed by atoms with Gasteiger partial charge in [0.25, 0.3) is 5.91 Å². The van der Waals surface area contributed by atoms with Crippen LogP contribution < -0.4 is 10.6 Å². The van der Waals surface area contributed by atoms with Crippen LogP contribution in [0.4, 0.5) is 11.5 Å².